The van der Waals surface area contributed by atoms with Crippen molar-refractivity contribution in [2.45, 2.75) is 43.7 Å². The molecular formula is C27H24ClN5O5. The summed E-state index contributed by atoms with van der Waals surface area (Å²) < 4.78 is 13.7. The molecule has 0 bridgehead atoms. The van der Waals surface area contributed by atoms with E-state index in [1.165, 1.54) is 0 Å². The molecule has 2 fully saturated rings. The molecule has 1 saturated carbocycles. The van der Waals surface area contributed by atoms with Crippen LogP contribution in [-0.4, -0.2) is 55.0 Å². The van der Waals surface area contributed by atoms with E-state index in [4.69, 9.17) is 20.9 Å². The zero-order valence-corrected chi connectivity index (χ0v) is 21.1. The zero-order valence-electron chi connectivity index (χ0n) is 20.3. The first-order chi connectivity index (χ1) is 18.4. The summed E-state index contributed by atoms with van der Waals surface area (Å²) in [4.78, 5) is 42.5. The van der Waals surface area contributed by atoms with Crippen molar-refractivity contribution >= 4 is 34.5 Å². The number of ketones is 1. The minimum Gasteiger partial charge on any atom is -0.486 e. The molecule has 1 aliphatic carbocycles. The molecule has 194 valence electrons. The summed E-state index contributed by atoms with van der Waals surface area (Å²) in [6, 6.07) is 11.2. The van der Waals surface area contributed by atoms with Crippen molar-refractivity contribution in [2.24, 2.45) is 0 Å². The lowest BCUT2D eigenvalue weighted by atomic mass is 9.82. The van der Waals surface area contributed by atoms with Gasteiger partial charge in [0.1, 0.15) is 23.2 Å². The van der Waals surface area contributed by atoms with Crippen LogP contribution in [0.4, 0.5) is 0 Å². The highest BCUT2D eigenvalue weighted by Gasteiger charge is 2.44. The summed E-state index contributed by atoms with van der Waals surface area (Å²) in [5, 5.41) is 7.15. The van der Waals surface area contributed by atoms with Crippen molar-refractivity contribution in [3.63, 3.8) is 0 Å². The standard InChI is InChI=1S/C27H24ClN5O5/c28-38-23-13-16(12-20-18(23)5-8-33(20)17-2-3-17)25(35)32-9-6-27(7-10-32)14-21(34)19-11-15(1-4-22(19)37-27)24-29-26(36)31-30-24/h1,4-5,8,11-13,17H,2-3,6-7,9-10,14H2,(H2,29,30,31,36). The van der Waals surface area contributed by atoms with Crippen LogP contribution >= 0.6 is 11.9 Å². The molecule has 1 amide bonds. The van der Waals surface area contributed by atoms with Gasteiger partial charge in [-0.05, 0) is 49.2 Å². The molecule has 0 unspecified atom stereocenters. The van der Waals surface area contributed by atoms with E-state index in [9.17, 15) is 14.4 Å². The summed E-state index contributed by atoms with van der Waals surface area (Å²) >= 11 is 5.77. The SMILES string of the molecule is O=C1CC2(CCN(C(=O)c3cc(OCl)c4ccn(C5CC5)c4c3)CC2)Oc2ccc(-c3n[nH]c(=O)[nH]3)cc21. The monoisotopic (exact) mass is 533 g/mol. The Labute approximate surface area is 221 Å². The molecule has 2 aromatic heterocycles. The van der Waals surface area contributed by atoms with E-state index in [-0.39, 0.29) is 18.1 Å². The third-order valence-corrected chi connectivity index (χ3v) is 8.06. The normalized spacial score (nSPS) is 18.4. The number of piperidine rings is 1. The molecular weight excluding hydrogens is 510 g/mol. The van der Waals surface area contributed by atoms with E-state index in [1.807, 2.05) is 18.3 Å². The van der Waals surface area contributed by atoms with Crippen LogP contribution in [0.5, 0.6) is 11.5 Å². The average Bonchev–Trinajstić information content (AvgIpc) is 3.53. The molecule has 0 radical (unpaired) electrons. The molecule has 4 aromatic rings. The lowest BCUT2D eigenvalue weighted by Gasteiger charge is -2.44. The second-order valence-corrected chi connectivity index (χ2v) is 10.5. The quantitative estimate of drug-likeness (QED) is 0.405. The summed E-state index contributed by atoms with van der Waals surface area (Å²) in [6.07, 6.45) is 5.58. The molecule has 11 heteroatoms. The number of ether oxygens (including phenoxy) is 1. The number of Topliss-reactive ketones (excluding diaryl/α,β-unsaturated/α-hetero) is 1. The van der Waals surface area contributed by atoms with E-state index in [0.717, 1.165) is 23.7 Å². The highest BCUT2D eigenvalue weighted by Crippen LogP contribution is 2.42. The summed E-state index contributed by atoms with van der Waals surface area (Å²) in [7, 11) is 0. The Morgan fingerprint density at radius 3 is 2.66 bits per heavy atom. The fraction of sp³-hybridized carbons (Fsp3) is 0.333. The van der Waals surface area contributed by atoms with Crippen LogP contribution in [0.3, 0.4) is 0 Å². The number of amides is 1. The predicted molar refractivity (Wildman–Crippen MR) is 139 cm³/mol. The number of H-pyrrole nitrogens is 2. The maximum atomic E-state index is 13.5. The predicted octanol–water partition coefficient (Wildman–Crippen LogP) is 4.23. The molecule has 2 aromatic carbocycles. The van der Waals surface area contributed by atoms with Gasteiger partial charge in [-0.15, -0.1) is 0 Å². The molecule has 7 rings (SSSR count). The Morgan fingerprint density at radius 2 is 1.95 bits per heavy atom. The Balaban J connectivity index is 1.10. The van der Waals surface area contributed by atoms with E-state index in [0.29, 0.717) is 66.0 Å². The lowest BCUT2D eigenvalue weighted by molar-refractivity contribution is -0.00570. The molecule has 0 atom stereocenters. The van der Waals surface area contributed by atoms with Gasteiger partial charge in [0.2, 0.25) is 0 Å². The highest BCUT2D eigenvalue weighted by atomic mass is 35.5. The molecule has 38 heavy (non-hydrogen) atoms. The number of carbonyl (C=O) groups excluding carboxylic acids is 2. The number of benzene rings is 2. The number of aromatic nitrogens is 4. The van der Waals surface area contributed by atoms with Gasteiger partial charge in [0.05, 0.1) is 17.5 Å². The minimum atomic E-state index is -0.655. The topological polar surface area (TPSA) is 122 Å². The molecule has 1 saturated heterocycles. The number of carbonyl (C=O) groups is 2. The second-order valence-electron chi connectivity index (χ2n) is 10.4. The Hall–Kier alpha value is -4.05. The van der Waals surface area contributed by atoms with Crippen LogP contribution in [0, 0.1) is 0 Å². The number of fused-ring (bicyclic) bond motifs is 2. The van der Waals surface area contributed by atoms with Crippen molar-refractivity contribution in [3.05, 3.63) is 64.2 Å². The molecule has 4 heterocycles. The van der Waals surface area contributed by atoms with Gasteiger partial charge in [-0.3, -0.25) is 14.6 Å². The number of hydrogen-bond donors (Lipinski definition) is 2. The largest absolute Gasteiger partial charge is 0.486 e. The Kier molecular flexibility index (Phi) is 5.16. The smallest absolute Gasteiger partial charge is 0.340 e. The number of nitrogens with one attached hydrogen (secondary N) is 2. The second kappa shape index (κ2) is 8.49. The molecule has 2 N–H and O–H groups in total. The first-order valence-electron chi connectivity index (χ1n) is 12.7. The first-order valence-corrected chi connectivity index (χ1v) is 13.0. The number of aromatic amines is 2. The van der Waals surface area contributed by atoms with E-state index in [1.54, 1.807) is 29.2 Å². The molecule has 1 spiro atoms. The Morgan fingerprint density at radius 1 is 1.13 bits per heavy atom. The van der Waals surface area contributed by atoms with Gasteiger partial charge in [0.15, 0.2) is 17.4 Å². The van der Waals surface area contributed by atoms with Crippen molar-refractivity contribution in [3.8, 4) is 22.9 Å². The van der Waals surface area contributed by atoms with Crippen LogP contribution in [0.2, 0.25) is 0 Å². The van der Waals surface area contributed by atoms with Gasteiger partial charge in [-0.25, -0.2) is 9.89 Å². The number of halogens is 1. The van der Waals surface area contributed by atoms with Crippen LogP contribution in [0.25, 0.3) is 22.3 Å². The van der Waals surface area contributed by atoms with Crippen molar-refractivity contribution in [2.75, 3.05) is 13.1 Å². The fourth-order valence-corrected chi connectivity index (χ4v) is 5.84. The maximum Gasteiger partial charge on any atom is 0.340 e. The van der Waals surface area contributed by atoms with E-state index in [2.05, 4.69) is 19.7 Å². The lowest BCUT2D eigenvalue weighted by Crippen LogP contribution is -2.52. The maximum absolute atomic E-state index is 13.5. The van der Waals surface area contributed by atoms with Gasteiger partial charge in [0.25, 0.3) is 5.91 Å². The third kappa shape index (κ3) is 3.78. The number of hydrogen-bond acceptors (Lipinski definition) is 6. The number of likely N-dealkylation sites (tertiary alicyclic amines) is 1. The van der Waals surface area contributed by atoms with Gasteiger partial charge in [-0.2, -0.15) is 5.10 Å². The van der Waals surface area contributed by atoms with Crippen LogP contribution < -0.4 is 14.7 Å². The highest BCUT2D eigenvalue weighted by molar-refractivity contribution is 6.11. The fourth-order valence-electron chi connectivity index (χ4n) is 5.71. The summed E-state index contributed by atoms with van der Waals surface area (Å²) in [5.74, 6) is 1.22. The molecule has 3 aliphatic rings. The van der Waals surface area contributed by atoms with Gasteiger partial charge in [0, 0.05) is 54.7 Å². The number of rotatable bonds is 4. The van der Waals surface area contributed by atoms with Gasteiger partial charge >= 0.3 is 5.69 Å². The zero-order chi connectivity index (χ0) is 26.0. The van der Waals surface area contributed by atoms with Crippen molar-refractivity contribution < 1.29 is 18.6 Å². The summed E-state index contributed by atoms with van der Waals surface area (Å²) in [6.45, 7) is 0.930. The molecule has 10 nitrogen and oxygen atoms in total. The van der Waals surface area contributed by atoms with Crippen molar-refractivity contribution in [1.82, 2.24) is 24.6 Å². The van der Waals surface area contributed by atoms with Crippen LogP contribution in [-0.2, 0) is 0 Å². The number of nitrogens with zero attached hydrogens (tertiary/aromatic N) is 3. The van der Waals surface area contributed by atoms with Gasteiger partial charge in [-0.1, -0.05) is 0 Å². The average molecular weight is 534 g/mol. The van der Waals surface area contributed by atoms with E-state index < -0.39 is 11.3 Å². The first kappa shape index (κ1) is 23.1. The van der Waals surface area contributed by atoms with Crippen LogP contribution in [0.15, 0.2) is 47.4 Å². The van der Waals surface area contributed by atoms with Crippen molar-refractivity contribution in [1.29, 1.82) is 0 Å². The minimum absolute atomic E-state index is 0.0269. The summed E-state index contributed by atoms with van der Waals surface area (Å²) in [5.41, 5.74) is 1.50. The van der Waals surface area contributed by atoms with Crippen LogP contribution in [0.1, 0.15) is 58.9 Å². The molecule has 2 aliphatic heterocycles. The van der Waals surface area contributed by atoms with Gasteiger partial charge < -0.3 is 18.5 Å². The third-order valence-electron chi connectivity index (χ3n) is 7.90. The Bertz CT molecular complexity index is 1660. The van der Waals surface area contributed by atoms with E-state index >= 15 is 0 Å².